The lowest BCUT2D eigenvalue weighted by Gasteiger charge is -2.12. The van der Waals surface area contributed by atoms with E-state index in [1.165, 1.54) is 96.9 Å². The second kappa shape index (κ2) is 20.3. The Bertz CT molecular complexity index is 5550. The molecule has 0 radical (unpaired) electrons. The molecule has 14 aromatic carbocycles. The van der Waals surface area contributed by atoms with Gasteiger partial charge in [0.1, 0.15) is 0 Å². The number of thiophene rings is 1. The first kappa shape index (κ1) is 49.4. The minimum Gasteiger partial charge on any atom is -0.309 e. The molecule has 0 fully saturated rings. The summed E-state index contributed by atoms with van der Waals surface area (Å²) in [6.45, 7) is 0. The van der Waals surface area contributed by atoms with Gasteiger partial charge in [0, 0.05) is 69.3 Å². The Hall–Kier alpha value is -11.2. The lowest BCUT2D eigenvalue weighted by Crippen LogP contribution is -1.95. The highest BCUT2D eigenvalue weighted by atomic mass is 32.1. The maximum absolute atomic E-state index is 5.22. The van der Waals surface area contributed by atoms with Gasteiger partial charge in [-0.25, -0.2) is 9.97 Å². The summed E-state index contributed by atoms with van der Waals surface area (Å²) in [4.78, 5) is 20.4. The summed E-state index contributed by atoms with van der Waals surface area (Å²) in [7, 11) is 0. The molecule has 4 aromatic heterocycles. The van der Waals surface area contributed by atoms with Gasteiger partial charge in [-0.15, -0.1) is 11.3 Å². The molecule has 86 heavy (non-hydrogen) atoms. The molecule has 0 unspecified atom stereocenters. The largest absolute Gasteiger partial charge is 0.309 e. The smallest absolute Gasteiger partial charge is 0.0979 e. The van der Waals surface area contributed by atoms with E-state index in [2.05, 4.69) is 290 Å². The molecule has 0 aliphatic carbocycles. The van der Waals surface area contributed by atoms with Crippen LogP contribution in [0.15, 0.2) is 298 Å². The maximum Gasteiger partial charge on any atom is 0.0979 e. The predicted octanol–water partition coefficient (Wildman–Crippen LogP) is 21.7. The lowest BCUT2D eigenvalue weighted by atomic mass is 9.98. The van der Waals surface area contributed by atoms with Crippen LogP contribution >= 0.6 is 11.3 Å². The van der Waals surface area contributed by atoms with Gasteiger partial charge in [0.15, 0.2) is 0 Å². The molecule has 0 saturated heterocycles. The van der Waals surface area contributed by atoms with Crippen molar-refractivity contribution in [3.8, 4) is 61.6 Å². The van der Waals surface area contributed by atoms with Crippen molar-refractivity contribution in [1.82, 2.24) is 24.5 Å². The average molecular weight is 1110 g/mol. The van der Waals surface area contributed by atoms with E-state index in [0.29, 0.717) is 0 Å². The van der Waals surface area contributed by atoms with E-state index in [1.54, 1.807) is 0 Å². The normalized spacial score (nSPS) is 11.7. The average Bonchev–Trinajstić information content (AvgIpc) is 1.79. The zero-order valence-electron chi connectivity index (χ0n) is 46.4. The minimum atomic E-state index is 0.863. The Morgan fingerprint density at radius 2 is 0.663 bits per heavy atom. The van der Waals surface area contributed by atoms with Gasteiger partial charge in [-0.05, 0) is 103 Å². The SMILES string of the molecule is c1cc(-c2cnc3c4ccccc4c4ccccc4c3n2)cc(-c2cccc3c2sc2ccccc23)c1.c1ccc(-c2ccc3c(c2)c2cc(-c4ccccc4)ccc2n3-c2ccc(-c3cnc4c5ccccc5c5ccccc5c4n3)cc2)cc1. The third kappa shape index (κ3) is 8.22. The van der Waals surface area contributed by atoms with Crippen LogP contribution in [0.3, 0.4) is 0 Å². The van der Waals surface area contributed by atoms with Crippen molar-refractivity contribution in [2.45, 2.75) is 0 Å². The molecule has 0 atom stereocenters. The Labute approximate surface area is 499 Å². The second-order valence-electron chi connectivity index (χ2n) is 22.0. The molecule has 6 heteroatoms. The van der Waals surface area contributed by atoms with Crippen LogP contribution in [0.4, 0.5) is 0 Å². The highest BCUT2D eigenvalue weighted by Crippen LogP contribution is 2.43. The quantitative estimate of drug-likeness (QED) is 0.156. The molecule has 18 rings (SSSR count). The van der Waals surface area contributed by atoms with Crippen molar-refractivity contribution in [2.75, 3.05) is 0 Å². The summed E-state index contributed by atoms with van der Waals surface area (Å²) < 4.78 is 5.02. The van der Waals surface area contributed by atoms with Crippen LogP contribution in [0, 0.1) is 0 Å². The van der Waals surface area contributed by atoms with Gasteiger partial charge in [-0.1, -0.05) is 237 Å². The van der Waals surface area contributed by atoms with Crippen LogP contribution in [-0.4, -0.2) is 24.5 Å². The monoisotopic (exact) mass is 1110 g/mol. The molecule has 4 heterocycles. The Morgan fingerprint density at radius 3 is 1.20 bits per heavy atom. The first-order valence-corrected chi connectivity index (χ1v) is 29.9. The maximum atomic E-state index is 5.22. The summed E-state index contributed by atoms with van der Waals surface area (Å²) in [5.41, 5.74) is 18.4. The van der Waals surface area contributed by atoms with Crippen LogP contribution in [0.25, 0.3) is 169 Å². The van der Waals surface area contributed by atoms with E-state index < -0.39 is 0 Å². The number of benzene rings is 14. The van der Waals surface area contributed by atoms with E-state index in [-0.39, 0.29) is 0 Å². The van der Waals surface area contributed by atoms with Crippen molar-refractivity contribution in [3.05, 3.63) is 298 Å². The first-order chi connectivity index (χ1) is 42.6. The van der Waals surface area contributed by atoms with Gasteiger partial charge in [0.2, 0.25) is 0 Å². The van der Waals surface area contributed by atoms with E-state index in [4.69, 9.17) is 19.9 Å². The van der Waals surface area contributed by atoms with E-state index in [0.717, 1.165) is 71.8 Å². The highest BCUT2D eigenvalue weighted by Gasteiger charge is 2.18. The first-order valence-electron chi connectivity index (χ1n) is 29.1. The van der Waals surface area contributed by atoms with Crippen molar-refractivity contribution in [2.24, 2.45) is 0 Å². The van der Waals surface area contributed by atoms with E-state index >= 15 is 0 Å². The summed E-state index contributed by atoms with van der Waals surface area (Å²) in [5.74, 6) is 0. The third-order valence-electron chi connectivity index (χ3n) is 17.1. The Balaban J connectivity index is 0.000000140. The molecule has 0 spiro atoms. The third-order valence-corrected chi connectivity index (χ3v) is 18.3. The zero-order valence-corrected chi connectivity index (χ0v) is 47.3. The molecule has 400 valence electrons. The lowest BCUT2D eigenvalue weighted by molar-refractivity contribution is 1.18. The fourth-order valence-electron chi connectivity index (χ4n) is 13.0. The Morgan fingerprint density at radius 1 is 0.256 bits per heavy atom. The molecular formula is C80H49N5S. The molecule has 0 aliphatic heterocycles. The van der Waals surface area contributed by atoms with Crippen molar-refractivity contribution in [1.29, 1.82) is 0 Å². The summed E-state index contributed by atoms with van der Waals surface area (Å²) in [6.07, 6.45) is 3.83. The number of aromatic nitrogens is 5. The van der Waals surface area contributed by atoms with Gasteiger partial charge in [0.05, 0.1) is 56.9 Å². The molecule has 0 amide bonds. The van der Waals surface area contributed by atoms with E-state index in [1.807, 2.05) is 23.7 Å². The van der Waals surface area contributed by atoms with Gasteiger partial charge >= 0.3 is 0 Å². The molecule has 0 aliphatic rings. The van der Waals surface area contributed by atoms with Gasteiger partial charge in [-0.3, -0.25) is 9.97 Å². The van der Waals surface area contributed by atoms with Crippen molar-refractivity contribution in [3.63, 3.8) is 0 Å². The van der Waals surface area contributed by atoms with Crippen LogP contribution in [-0.2, 0) is 0 Å². The molecule has 5 nitrogen and oxygen atoms in total. The van der Waals surface area contributed by atoms with Crippen molar-refractivity contribution < 1.29 is 0 Å². The number of rotatable bonds is 6. The fraction of sp³-hybridized carbons (Fsp3) is 0. The van der Waals surface area contributed by atoms with Gasteiger partial charge < -0.3 is 4.57 Å². The molecular weight excluding hydrogens is 1060 g/mol. The van der Waals surface area contributed by atoms with E-state index in [9.17, 15) is 0 Å². The van der Waals surface area contributed by atoms with Crippen LogP contribution in [0.2, 0.25) is 0 Å². The predicted molar refractivity (Wildman–Crippen MR) is 364 cm³/mol. The molecule has 0 N–H and O–H groups in total. The van der Waals surface area contributed by atoms with Crippen LogP contribution < -0.4 is 0 Å². The number of hydrogen-bond acceptors (Lipinski definition) is 5. The number of nitrogens with zero attached hydrogens (tertiary/aromatic N) is 5. The topological polar surface area (TPSA) is 56.5 Å². The minimum absolute atomic E-state index is 0.863. The standard InChI is InChI=1S/C46H29N3.C34H20N2S/c1-3-11-30(12-4-1)33-21-25-43-40(27-33)41-28-34(31-13-5-2-6-14-31)22-26-44(41)49(43)35-23-19-32(20-24-35)42-29-47-45-38-17-9-7-15-36(38)37-16-8-10-18-39(37)46(45)48-42;1-3-14-27-24(11-1)25-12-2-4-15-28(25)33-32(27)35-20-30(36-33)22-10-7-9-21(19-22)23-16-8-17-29-26-13-5-6-18-31(26)37-34(23)29/h1-29H;1-20H. The fourth-order valence-corrected chi connectivity index (χ4v) is 14.3. The molecule has 0 bridgehead atoms. The second-order valence-corrected chi connectivity index (χ2v) is 23.1. The van der Waals surface area contributed by atoms with Gasteiger partial charge in [-0.2, -0.15) is 0 Å². The van der Waals surface area contributed by atoms with Crippen LogP contribution in [0.5, 0.6) is 0 Å². The molecule has 18 aromatic rings. The summed E-state index contributed by atoms with van der Waals surface area (Å²) in [6, 6.07) is 102. The van der Waals surface area contributed by atoms with Crippen LogP contribution in [0.1, 0.15) is 0 Å². The highest BCUT2D eigenvalue weighted by molar-refractivity contribution is 7.26. The van der Waals surface area contributed by atoms with Gasteiger partial charge in [0.25, 0.3) is 0 Å². The van der Waals surface area contributed by atoms with Crippen molar-refractivity contribution >= 4 is 118 Å². The Kier molecular flexibility index (Phi) is 11.7. The number of fused-ring (bicyclic) bond motifs is 18. The zero-order chi connectivity index (χ0) is 56.7. The number of hydrogen-bond donors (Lipinski definition) is 0. The molecule has 0 saturated carbocycles. The summed E-state index contributed by atoms with van der Waals surface area (Å²) >= 11 is 1.86. The summed E-state index contributed by atoms with van der Waals surface area (Å²) in [5, 5.41) is 14.5.